The zero-order valence-electron chi connectivity index (χ0n) is 14.9. The molecule has 1 amide bonds. The lowest BCUT2D eigenvalue weighted by Gasteiger charge is -2.35. The number of rotatable bonds is 4. The van der Waals surface area contributed by atoms with Gasteiger partial charge >= 0.3 is 0 Å². The van der Waals surface area contributed by atoms with Crippen molar-refractivity contribution in [2.45, 2.75) is 6.92 Å². The molecular formula is C20H23N5O. The van der Waals surface area contributed by atoms with Crippen LogP contribution < -0.4 is 10.6 Å². The number of fused-ring (bicyclic) bond motifs is 1. The fraction of sp³-hybridized carbons (Fsp3) is 0.300. The van der Waals surface area contributed by atoms with Gasteiger partial charge in [0, 0.05) is 37.4 Å². The first-order valence-electron chi connectivity index (χ1n) is 9.02. The maximum Gasteiger partial charge on any atom is 0.250 e. The van der Waals surface area contributed by atoms with Gasteiger partial charge in [0.2, 0.25) is 0 Å². The van der Waals surface area contributed by atoms with E-state index in [1.165, 1.54) is 5.69 Å². The van der Waals surface area contributed by atoms with Gasteiger partial charge in [-0.25, -0.2) is 4.98 Å². The Hall–Kier alpha value is -2.86. The lowest BCUT2D eigenvalue weighted by molar-refractivity contribution is 0.100. The number of para-hydroxylation sites is 1. The highest BCUT2D eigenvalue weighted by molar-refractivity contribution is 6.04. The number of aromatic nitrogens is 2. The number of H-pyrrole nitrogens is 1. The molecule has 3 N–H and O–H groups in total. The summed E-state index contributed by atoms with van der Waals surface area (Å²) >= 11 is 0. The molecule has 1 aliphatic heterocycles. The third kappa shape index (κ3) is 3.04. The van der Waals surface area contributed by atoms with Crippen molar-refractivity contribution in [3.8, 4) is 11.4 Å². The number of nitrogens with two attached hydrogens (primary N) is 1. The standard InChI is InChI=1S/C20H23N5O/c1-2-24-10-12-25(13-11-24)15-8-6-14(7-9-15)20-22-17-5-3-4-16(19(21)26)18(17)23-20/h3-9H,2,10-13H2,1H3,(H2,21,26)(H,22,23). The molecule has 6 nitrogen and oxygen atoms in total. The molecule has 0 saturated carbocycles. The number of primary amides is 1. The van der Waals surface area contributed by atoms with E-state index >= 15 is 0 Å². The number of carbonyl (C=O) groups excluding carboxylic acids is 1. The Balaban J connectivity index is 1.58. The van der Waals surface area contributed by atoms with Crippen molar-refractivity contribution >= 4 is 22.6 Å². The summed E-state index contributed by atoms with van der Waals surface area (Å²) in [5, 5.41) is 0. The smallest absolute Gasteiger partial charge is 0.250 e. The summed E-state index contributed by atoms with van der Waals surface area (Å²) in [7, 11) is 0. The van der Waals surface area contributed by atoms with E-state index in [2.05, 4.69) is 51.0 Å². The van der Waals surface area contributed by atoms with Crippen LogP contribution in [0.15, 0.2) is 42.5 Å². The van der Waals surface area contributed by atoms with Gasteiger partial charge < -0.3 is 20.5 Å². The van der Waals surface area contributed by atoms with Gasteiger partial charge in [-0.2, -0.15) is 0 Å². The number of hydrogen-bond donors (Lipinski definition) is 2. The fourth-order valence-electron chi connectivity index (χ4n) is 3.52. The predicted octanol–water partition coefficient (Wildman–Crippen LogP) is 2.47. The number of nitrogens with zero attached hydrogens (tertiary/aromatic N) is 3. The minimum atomic E-state index is -0.463. The molecule has 0 bridgehead atoms. The Bertz CT molecular complexity index is 923. The lowest BCUT2D eigenvalue weighted by Crippen LogP contribution is -2.46. The second kappa shape index (κ2) is 6.80. The Morgan fingerprint density at radius 1 is 1.12 bits per heavy atom. The Kier molecular flexibility index (Phi) is 4.34. The van der Waals surface area contributed by atoms with Crippen LogP contribution in [0.2, 0.25) is 0 Å². The number of piperazine rings is 1. The highest BCUT2D eigenvalue weighted by atomic mass is 16.1. The summed E-state index contributed by atoms with van der Waals surface area (Å²) in [6, 6.07) is 13.8. The van der Waals surface area contributed by atoms with Gasteiger partial charge in [-0.1, -0.05) is 13.0 Å². The summed E-state index contributed by atoms with van der Waals surface area (Å²) in [4.78, 5) is 24.3. The topological polar surface area (TPSA) is 78.2 Å². The number of amides is 1. The summed E-state index contributed by atoms with van der Waals surface area (Å²) < 4.78 is 0. The number of benzene rings is 2. The van der Waals surface area contributed by atoms with Crippen molar-refractivity contribution in [1.29, 1.82) is 0 Å². The van der Waals surface area contributed by atoms with Crippen molar-refractivity contribution in [1.82, 2.24) is 14.9 Å². The first kappa shape index (κ1) is 16.6. The molecule has 2 heterocycles. The zero-order chi connectivity index (χ0) is 18.1. The Morgan fingerprint density at radius 3 is 2.50 bits per heavy atom. The van der Waals surface area contributed by atoms with E-state index in [-0.39, 0.29) is 0 Å². The quantitative estimate of drug-likeness (QED) is 0.758. The van der Waals surface area contributed by atoms with E-state index in [1.807, 2.05) is 12.1 Å². The highest BCUT2D eigenvalue weighted by Crippen LogP contribution is 2.25. The van der Waals surface area contributed by atoms with Crippen LogP contribution in [0.4, 0.5) is 5.69 Å². The zero-order valence-corrected chi connectivity index (χ0v) is 14.9. The van der Waals surface area contributed by atoms with Crippen LogP contribution in [-0.4, -0.2) is 53.5 Å². The predicted molar refractivity (Wildman–Crippen MR) is 104 cm³/mol. The number of aromatic amines is 1. The molecule has 0 unspecified atom stereocenters. The number of anilines is 1. The maximum absolute atomic E-state index is 11.6. The molecule has 4 rings (SSSR count). The summed E-state index contributed by atoms with van der Waals surface area (Å²) in [6.45, 7) is 7.66. The minimum absolute atomic E-state index is 0.440. The number of imidazole rings is 1. The van der Waals surface area contributed by atoms with Gasteiger partial charge in [0.15, 0.2) is 0 Å². The number of hydrogen-bond acceptors (Lipinski definition) is 4. The van der Waals surface area contributed by atoms with Gasteiger partial charge in [0.05, 0.1) is 11.1 Å². The van der Waals surface area contributed by atoms with Crippen LogP contribution in [0, 0.1) is 0 Å². The monoisotopic (exact) mass is 349 g/mol. The molecule has 0 radical (unpaired) electrons. The Labute approximate surface area is 152 Å². The molecule has 1 fully saturated rings. The first-order chi connectivity index (χ1) is 12.7. The van der Waals surface area contributed by atoms with E-state index in [0.29, 0.717) is 11.1 Å². The lowest BCUT2D eigenvalue weighted by atomic mass is 10.1. The molecule has 0 aliphatic carbocycles. The molecule has 1 aliphatic rings. The average Bonchev–Trinajstić information content (AvgIpc) is 3.12. The van der Waals surface area contributed by atoms with Gasteiger partial charge in [-0.15, -0.1) is 0 Å². The molecule has 1 aromatic heterocycles. The van der Waals surface area contributed by atoms with Gasteiger partial charge in [0.1, 0.15) is 11.3 Å². The molecular weight excluding hydrogens is 326 g/mol. The van der Waals surface area contributed by atoms with Crippen LogP contribution in [0.3, 0.4) is 0 Å². The van der Waals surface area contributed by atoms with Gasteiger partial charge in [-0.05, 0) is 42.9 Å². The van der Waals surface area contributed by atoms with Crippen LogP contribution in [0.5, 0.6) is 0 Å². The second-order valence-corrected chi connectivity index (χ2v) is 6.62. The molecule has 3 aromatic rings. The van der Waals surface area contributed by atoms with E-state index in [0.717, 1.165) is 49.6 Å². The summed E-state index contributed by atoms with van der Waals surface area (Å²) in [5.74, 6) is 0.284. The van der Waals surface area contributed by atoms with Crippen LogP contribution in [0.1, 0.15) is 17.3 Å². The number of likely N-dealkylation sites (N-methyl/N-ethyl adjacent to an activating group) is 1. The fourth-order valence-corrected chi connectivity index (χ4v) is 3.52. The number of nitrogens with one attached hydrogen (secondary N) is 1. The largest absolute Gasteiger partial charge is 0.369 e. The Morgan fingerprint density at radius 2 is 1.85 bits per heavy atom. The highest BCUT2D eigenvalue weighted by Gasteiger charge is 2.16. The summed E-state index contributed by atoms with van der Waals surface area (Å²) in [6.07, 6.45) is 0. The maximum atomic E-state index is 11.6. The van der Waals surface area contributed by atoms with Crippen molar-refractivity contribution < 1.29 is 4.79 Å². The summed E-state index contributed by atoms with van der Waals surface area (Å²) in [5.41, 5.74) is 9.55. The van der Waals surface area contributed by atoms with Crippen LogP contribution >= 0.6 is 0 Å². The molecule has 0 spiro atoms. The molecule has 0 atom stereocenters. The normalized spacial score (nSPS) is 15.5. The van der Waals surface area contributed by atoms with E-state index in [4.69, 9.17) is 5.73 Å². The van der Waals surface area contributed by atoms with Gasteiger partial charge in [-0.3, -0.25) is 4.79 Å². The van der Waals surface area contributed by atoms with Crippen molar-refractivity contribution in [2.24, 2.45) is 5.73 Å². The first-order valence-corrected chi connectivity index (χ1v) is 9.02. The van der Waals surface area contributed by atoms with Crippen LogP contribution in [-0.2, 0) is 0 Å². The molecule has 1 saturated heterocycles. The van der Waals surface area contributed by atoms with Crippen molar-refractivity contribution in [3.05, 3.63) is 48.0 Å². The SMILES string of the molecule is CCN1CCN(c2ccc(-c3nc4c(C(N)=O)cccc4[nH]3)cc2)CC1. The van der Waals surface area contributed by atoms with Gasteiger partial charge in [0.25, 0.3) is 5.91 Å². The van der Waals surface area contributed by atoms with E-state index < -0.39 is 5.91 Å². The second-order valence-electron chi connectivity index (χ2n) is 6.62. The minimum Gasteiger partial charge on any atom is -0.369 e. The van der Waals surface area contributed by atoms with Crippen molar-refractivity contribution in [2.75, 3.05) is 37.6 Å². The molecule has 6 heteroatoms. The van der Waals surface area contributed by atoms with Crippen molar-refractivity contribution in [3.63, 3.8) is 0 Å². The molecule has 26 heavy (non-hydrogen) atoms. The number of carbonyl (C=O) groups is 1. The molecule has 134 valence electrons. The molecule has 2 aromatic carbocycles. The average molecular weight is 349 g/mol. The third-order valence-electron chi connectivity index (χ3n) is 5.10. The van der Waals surface area contributed by atoms with E-state index in [9.17, 15) is 4.79 Å². The van der Waals surface area contributed by atoms with Crippen LogP contribution in [0.25, 0.3) is 22.4 Å². The third-order valence-corrected chi connectivity index (χ3v) is 5.10. The van der Waals surface area contributed by atoms with E-state index in [1.54, 1.807) is 6.07 Å².